The molecular weight excluding hydrogens is 478 g/mol. The summed E-state index contributed by atoms with van der Waals surface area (Å²) in [5.74, 6) is -0.238. The van der Waals surface area contributed by atoms with Gasteiger partial charge in [0, 0.05) is 25.8 Å². The number of benzene rings is 1. The lowest BCUT2D eigenvalue weighted by Gasteiger charge is -2.13. The number of ether oxygens (including phenoxy) is 1. The molecule has 1 atom stereocenters. The first-order chi connectivity index (χ1) is 15.5. The molecule has 1 aromatic rings. The third-order valence-electron chi connectivity index (χ3n) is 5.58. The van der Waals surface area contributed by atoms with Gasteiger partial charge in [-0.15, -0.1) is 17.0 Å². The molecule has 1 unspecified atom stereocenters. The van der Waals surface area contributed by atoms with E-state index in [0.29, 0.717) is 0 Å². The van der Waals surface area contributed by atoms with Gasteiger partial charge in [-0.05, 0) is 38.0 Å². The molecule has 2 N–H and O–H groups in total. The predicted octanol–water partition coefficient (Wildman–Crippen LogP) is 8.78. The van der Waals surface area contributed by atoms with Crippen molar-refractivity contribution < 1.29 is 14.6 Å². The van der Waals surface area contributed by atoms with Crippen molar-refractivity contribution in [3.8, 4) is 0 Å². The zero-order valence-corrected chi connectivity index (χ0v) is 23.6. The Morgan fingerprint density at radius 2 is 1.21 bits per heavy atom. The van der Waals surface area contributed by atoms with E-state index in [2.05, 4.69) is 24.4 Å². The topological polar surface area (TPSA) is 58.6 Å². The second-order valence-corrected chi connectivity index (χ2v) is 8.71. The number of halogens is 1. The van der Waals surface area contributed by atoms with Gasteiger partial charge in [0.15, 0.2) is 0 Å². The molecule has 0 saturated heterocycles. The largest absolute Gasteiger partial charge is 0.458 e. The first-order valence-electron chi connectivity index (χ1n) is 13.2. The number of aliphatic hydroxyl groups is 1. The molecule has 0 amide bonds. The number of anilines is 1. The van der Waals surface area contributed by atoms with Gasteiger partial charge >= 0.3 is 5.97 Å². The van der Waals surface area contributed by atoms with Crippen LogP contribution >= 0.6 is 17.0 Å². The Balaban J connectivity index is 0. The van der Waals surface area contributed by atoms with Crippen LogP contribution in [0.15, 0.2) is 24.3 Å². The molecule has 0 fully saturated rings. The summed E-state index contributed by atoms with van der Waals surface area (Å²) in [6.07, 6.45) is 19.3. The summed E-state index contributed by atoms with van der Waals surface area (Å²) in [6, 6.07) is 8.20. The van der Waals surface area contributed by atoms with Gasteiger partial charge in [-0.3, -0.25) is 4.79 Å². The highest BCUT2D eigenvalue weighted by Crippen LogP contribution is 2.19. The van der Waals surface area contributed by atoms with Crippen molar-refractivity contribution in [3.63, 3.8) is 0 Å². The molecule has 0 saturated carbocycles. The van der Waals surface area contributed by atoms with Crippen LogP contribution in [-0.2, 0) is 9.53 Å². The third-order valence-corrected chi connectivity index (χ3v) is 5.58. The van der Waals surface area contributed by atoms with Gasteiger partial charge in [0.2, 0.25) is 0 Å². The zero-order chi connectivity index (χ0) is 23.9. The Bertz CT molecular complexity index is 536. The Morgan fingerprint density at radius 3 is 1.61 bits per heavy atom. The Morgan fingerprint density at radius 1 is 0.818 bits per heavy atom. The maximum absolute atomic E-state index is 11.0. The van der Waals surface area contributed by atoms with Gasteiger partial charge < -0.3 is 15.2 Å². The van der Waals surface area contributed by atoms with E-state index >= 15 is 0 Å². The van der Waals surface area contributed by atoms with Gasteiger partial charge in [0.1, 0.15) is 6.10 Å². The first-order valence-corrected chi connectivity index (χ1v) is 13.2. The average molecular weight is 531 g/mol. The van der Waals surface area contributed by atoms with E-state index < -0.39 is 0 Å². The minimum atomic E-state index is -0.238. The quantitative estimate of drug-likeness (QED) is 0.147. The molecule has 0 bridgehead atoms. The van der Waals surface area contributed by atoms with Crippen LogP contribution in [0.2, 0.25) is 0 Å². The van der Waals surface area contributed by atoms with E-state index in [4.69, 9.17) is 9.84 Å². The summed E-state index contributed by atoms with van der Waals surface area (Å²) < 4.78 is 5.21. The number of nitrogens with one attached hydrogen (secondary N) is 1. The van der Waals surface area contributed by atoms with Crippen LogP contribution in [0.4, 0.5) is 5.69 Å². The van der Waals surface area contributed by atoms with E-state index in [1.807, 2.05) is 19.1 Å². The van der Waals surface area contributed by atoms with Gasteiger partial charge in [0.25, 0.3) is 0 Å². The highest BCUT2D eigenvalue weighted by atomic mass is 79.9. The standard InChI is InChI=1S/C26H45NO2.C2H6O.BrH/c1-4-5-6-7-8-9-10-11-12-13-14-15-16-17-22-27-26-20-18-25(19-21-26)23(2)29-24(3)28;1-2-3;/h18-21,23,27H,4-17,22H2,1-3H3;3H,2H2,1H3;1H. The summed E-state index contributed by atoms with van der Waals surface area (Å²) in [4.78, 5) is 11.0. The Labute approximate surface area is 215 Å². The number of aliphatic hydroxyl groups excluding tert-OH is 1. The molecule has 194 valence electrons. The maximum atomic E-state index is 11.0. The highest BCUT2D eigenvalue weighted by molar-refractivity contribution is 8.93. The lowest BCUT2D eigenvalue weighted by atomic mass is 10.0. The maximum Gasteiger partial charge on any atom is 0.303 e. The van der Waals surface area contributed by atoms with Crippen molar-refractivity contribution in [2.24, 2.45) is 0 Å². The fourth-order valence-electron chi connectivity index (χ4n) is 3.74. The number of esters is 1. The summed E-state index contributed by atoms with van der Waals surface area (Å²) in [6.45, 7) is 8.59. The molecule has 0 aliphatic heterocycles. The number of hydrogen-bond donors (Lipinski definition) is 2. The van der Waals surface area contributed by atoms with Crippen molar-refractivity contribution in [1.82, 2.24) is 0 Å². The summed E-state index contributed by atoms with van der Waals surface area (Å²) in [7, 11) is 0. The van der Waals surface area contributed by atoms with E-state index in [9.17, 15) is 4.79 Å². The molecule has 0 radical (unpaired) electrons. The number of rotatable bonds is 18. The fourth-order valence-corrected chi connectivity index (χ4v) is 3.74. The van der Waals surface area contributed by atoms with Crippen molar-refractivity contribution >= 4 is 28.6 Å². The van der Waals surface area contributed by atoms with Crippen molar-refractivity contribution in [2.45, 2.75) is 124 Å². The summed E-state index contributed by atoms with van der Waals surface area (Å²) in [5.41, 5.74) is 2.17. The molecule has 1 aromatic carbocycles. The van der Waals surface area contributed by atoms with Crippen LogP contribution in [-0.4, -0.2) is 24.2 Å². The number of hydrogen-bond acceptors (Lipinski definition) is 4. The Hall–Kier alpha value is -1.07. The van der Waals surface area contributed by atoms with Gasteiger partial charge in [-0.2, -0.15) is 0 Å². The highest BCUT2D eigenvalue weighted by Gasteiger charge is 2.07. The SMILES string of the molecule is Br.CCCCCCCCCCCCCCCCNc1ccc(C(C)OC(C)=O)cc1.CCO. The van der Waals surface area contributed by atoms with Gasteiger partial charge in [-0.1, -0.05) is 103 Å². The van der Waals surface area contributed by atoms with E-state index in [1.165, 1.54) is 96.8 Å². The molecule has 4 nitrogen and oxygen atoms in total. The number of unbranched alkanes of at least 4 members (excludes halogenated alkanes) is 13. The first kappa shape index (κ1) is 34.1. The van der Waals surface area contributed by atoms with Crippen LogP contribution < -0.4 is 5.32 Å². The van der Waals surface area contributed by atoms with Gasteiger partial charge in [0.05, 0.1) is 0 Å². The second kappa shape index (κ2) is 25.6. The average Bonchev–Trinajstić information content (AvgIpc) is 2.77. The molecule has 1 rings (SSSR count). The van der Waals surface area contributed by atoms with Gasteiger partial charge in [-0.25, -0.2) is 0 Å². The van der Waals surface area contributed by atoms with Crippen molar-refractivity contribution in [1.29, 1.82) is 0 Å². The number of carbonyl (C=O) groups is 1. The number of carbonyl (C=O) groups excluding carboxylic acids is 1. The Kier molecular flexibility index (Phi) is 26.4. The minimum Gasteiger partial charge on any atom is -0.458 e. The fraction of sp³-hybridized carbons (Fsp3) is 0.750. The monoisotopic (exact) mass is 529 g/mol. The van der Waals surface area contributed by atoms with E-state index in [1.54, 1.807) is 6.92 Å². The molecule has 0 spiro atoms. The summed E-state index contributed by atoms with van der Waals surface area (Å²) in [5, 5.41) is 11.1. The van der Waals surface area contributed by atoms with E-state index in [-0.39, 0.29) is 35.7 Å². The van der Waals surface area contributed by atoms with Crippen LogP contribution in [0, 0.1) is 0 Å². The molecule has 33 heavy (non-hydrogen) atoms. The van der Waals surface area contributed by atoms with Crippen LogP contribution in [0.5, 0.6) is 0 Å². The molecule has 0 heterocycles. The lowest BCUT2D eigenvalue weighted by molar-refractivity contribution is -0.145. The summed E-state index contributed by atoms with van der Waals surface area (Å²) >= 11 is 0. The molecule has 0 aliphatic rings. The molecular formula is C28H52BrNO3. The lowest BCUT2D eigenvalue weighted by Crippen LogP contribution is -2.05. The normalized spacial score (nSPS) is 11.1. The second-order valence-electron chi connectivity index (χ2n) is 8.71. The van der Waals surface area contributed by atoms with Crippen LogP contribution in [0.1, 0.15) is 129 Å². The third kappa shape index (κ3) is 22.5. The molecule has 0 aliphatic carbocycles. The molecule has 0 aromatic heterocycles. The van der Waals surface area contributed by atoms with E-state index in [0.717, 1.165) is 17.8 Å². The predicted molar refractivity (Wildman–Crippen MR) is 149 cm³/mol. The smallest absolute Gasteiger partial charge is 0.303 e. The minimum absolute atomic E-state index is 0. The van der Waals surface area contributed by atoms with Crippen molar-refractivity contribution in [3.05, 3.63) is 29.8 Å². The molecule has 5 heteroatoms. The zero-order valence-electron chi connectivity index (χ0n) is 21.9. The van der Waals surface area contributed by atoms with Crippen molar-refractivity contribution in [2.75, 3.05) is 18.5 Å². The van der Waals surface area contributed by atoms with Crippen LogP contribution in [0.25, 0.3) is 0 Å². The van der Waals surface area contributed by atoms with Crippen LogP contribution in [0.3, 0.4) is 0 Å².